The summed E-state index contributed by atoms with van der Waals surface area (Å²) in [6.07, 6.45) is 1.83. The van der Waals surface area contributed by atoms with Gasteiger partial charge < -0.3 is 10.1 Å². The standard InChI is InChI=1S/C13H16FNO2/c1-17-12-5-4-10(14)7-11(12)13(16)9-3-2-6-15-8-9/h4-5,7,9,15H,2-3,6,8H2,1H3/t9-/m0/s1. The van der Waals surface area contributed by atoms with Crippen molar-refractivity contribution in [1.29, 1.82) is 0 Å². The molecule has 0 bridgehead atoms. The van der Waals surface area contributed by atoms with E-state index in [2.05, 4.69) is 5.32 Å². The third-order valence-electron chi connectivity index (χ3n) is 3.09. The summed E-state index contributed by atoms with van der Waals surface area (Å²) in [5, 5.41) is 3.18. The molecule has 1 fully saturated rings. The van der Waals surface area contributed by atoms with Crippen LogP contribution in [0.2, 0.25) is 0 Å². The van der Waals surface area contributed by atoms with Gasteiger partial charge in [0.25, 0.3) is 0 Å². The van der Waals surface area contributed by atoms with Gasteiger partial charge in [0.15, 0.2) is 5.78 Å². The van der Waals surface area contributed by atoms with Gasteiger partial charge in [-0.15, -0.1) is 0 Å². The highest BCUT2D eigenvalue weighted by molar-refractivity contribution is 6.00. The topological polar surface area (TPSA) is 38.3 Å². The van der Waals surface area contributed by atoms with Gasteiger partial charge in [0.1, 0.15) is 11.6 Å². The highest BCUT2D eigenvalue weighted by Gasteiger charge is 2.24. The van der Waals surface area contributed by atoms with Crippen LogP contribution >= 0.6 is 0 Å². The predicted molar refractivity (Wildman–Crippen MR) is 62.9 cm³/mol. The van der Waals surface area contributed by atoms with Crippen molar-refractivity contribution in [2.24, 2.45) is 5.92 Å². The zero-order valence-corrected chi connectivity index (χ0v) is 9.83. The second kappa shape index (κ2) is 5.27. The van der Waals surface area contributed by atoms with Crippen LogP contribution in [0.5, 0.6) is 5.75 Å². The first-order chi connectivity index (χ1) is 8.22. The number of benzene rings is 1. The average molecular weight is 237 g/mol. The fourth-order valence-electron chi connectivity index (χ4n) is 2.17. The van der Waals surface area contributed by atoms with Gasteiger partial charge in [-0.2, -0.15) is 0 Å². The van der Waals surface area contributed by atoms with E-state index in [4.69, 9.17) is 4.74 Å². The summed E-state index contributed by atoms with van der Waals surface area (Å²) in [6, 6.07) is 4.06. The molecule has 0 saturated carbocycles. The quantitative estimate of drug-likeness (QED) is 0.817. The maximum Gasteiger partial charge on any atom is 0.171 e. The zero-order chi connectivity index (χ0) is 12.3. The molecule has 4 heteroatoms. The second-order valence-corrected chi connectivity index (χ2v) is 4.25. The molecule has 1 aromatic rings. The number of carbonyl (C=O) groups excluding carboxylic acids is 1. The van der Waals surface area contributed by atoms with E-state index >= 15 is 0 Å². The fourth-order valence-corrected chi connectivity index (χ4v) is 2.17. The van der Waals surface area contributed by atoms with Crippen LogP contribution in [0.4, 0.5) is 4.39 Å². The number of halogens is 1. The molecule has 0 unspecified atom stereocenters. The van der Waals surface area contributed by atoms with Crippen molar-refractivity contribution in [3.8, 4) is 5.75 Å². The lowest BCUT2D eigenvalue weighted by molar-refractivity contribution is 0.0896. The molecule has 1 saturated heterocycles. The summed E-state index contributed by atoms with van der Waals surface area (Å²) in [4.78, 5) is 12.2. The fraction of sp³-hybridized carbons (Fsp3) is 0.462. The molecule has 1 N–H and O–H groups in total. The highest BCUT2D eigenvalue weighted by Crippen LogP contribution is 2.25. The van der Waals surface area contributed by atoms with Crippen LogP contribution in [-0.2, 0) is 0 Å². The van der Waals surface area contributed by atoms with Crippen LogP contribution < -0.4 is 10.1 Å². The Balaban J connectivity index is 2.25. The lowest BCUT2D eigenvalue weighted by Crippen LogP contribution is -2.34. The van der Waals surface area contributed by atoms with Gasteiger partial charge in [-0.25, -0.2) is 4.39 Å². The predicted octanol–water partition coefficient (Wildman–Crippen LogP) is 2.02. The van der Waals surface area contributed by atoms with Crippen LogP contribution in [0.1, 0.15) is 23.2 Å². The van der Waals surface area contributed by atoms with Gasteiger partial charge in [-0.3, -0.25) is 4.79 Å². The number of ether oxygens (including phenoxy) is 1. The molecule has 0 aliphatic carbocycles. The molecule has 17 heavy (non-hydrogen) atoms. The van der Waals surface area contributed by atoms with Crippen molar-refractivity contribution in [2.45, 2.75) is 12.8 Å². The molecule has 0 spiro atoms. The van der Waals surface area contributed by atoms with Crippen LogP contribution in [0.3, 0.4) is 0 Å². The van der Waals surface area contributed by atoms with E-state index in [9.17, 15) is 9.18 Å². The average Bonchev–Trinajstić information content (AvgIpc) is 2.39. The van der Waals surface area contributed by atoms with Gasteiger partial charge >= 0.3 is 0 Å². The minimum atomic E-state index is -0.405. The van der Waals surface area contributed by atoms with Crippen LogP contribution in [-0.4, -0.2) is 26.0 Å². The summed E-state index contributed by atoms with van der Waals surface area (Å²) in [5.41, 5.74) is 0.348. The van der Waals surface area contributed by atoms with E-state index in [-0.39, 0.29) is 11.7 Å². The van der Waals surface area contributed by atoms with Crippen molar-refractivity contribution in [3.63, 3.8) is 0 Å². The minimum absolute atomic E-state index is 0.0337. The first kappa shape index (κ1) is 12.0. The molecule has 1 aliphatic rings. The molecule has 0 aromatic heterocycles. The lowest BCUT2D eigenvalue weighted by Gasteiger charge is -2.22. The lowest BCUT2D eigenvalue weighted by atomic mass is 9.90. The van der Waals surface area contributed by atoms with E-state index in [1.54, 1.807) is 0 Å². The van der Waals surface area contributed by atoms with Gasteiger partial charge in [0.2, 0.25) is 0 Å². The van der Waals surface area contributed by atoms with Gasteiger partial charge in [-0.05, 0) is 37.6 Å². The Morgan fingerprint density at radius 3 is 3.00 bits per heavy atom. The van der Waals surface area contributed by atoms with E-state index in [0.29, 0.717) is 17.9 Å². The van der Waals surface area contributed by atoms with Gasteiger partial charge in [0, 0.05) is 12.5 Å². The molecule has 1 heterocycles. The van der Waals surface area contributed by atoms with E-state index in [1.807, 2.05) is 0 Å². The minimum Gasteiger partial charge on any atom is -0.496 e. The normalized spacial score (nSPS) is 20.0. The largest absolute Gasteiger partial charge is 0.496 e. The number of ketones is 1. The smallest absolute Gasteiger partial charge is 0.171 e. The first-order valence-electron chi connectivity index (χ1n) is 5.81. The number of hydrogen-bond acceptors (Lipinski definition) is 3. The zero-order valence-electron chi connectivity index (χ0n) is 9.83. The summed E-state index contributed by atoms with van der Waals surface area (Å²) in [6.45, 7) is 1.61. The Hall–Kier alpha value is -1.42. The summed E-state index contributed by atoms with van der Waals surface area (Å²) in [5.74, 6) is -0.0621. The Kier molecular flexibility index (Phi) is 3.74. The van der Waals surface area contributed by atoms with Crippen molar-refractivity contribution in [2.75, 3.05) is 20.2 Å². The van der Waals surface area contributed by atoms with Crippen molar-refractivity contribution >= 4 is 5.78 Å². The molecular formula is C13H16FNO2. The van der Waals surface area contributed by atoms with Gasteiger partial charge in [0.05, 0.1) is 12.7 Å². The number of carbonyl (C=O) groups is 1. The Morgan fingerprint density at radius 2 is 2.35 bits per heavy atom. The Morgan fingerprint density at radius 1 is 1.53 bits per heavy atom. The molecule has 1 aromatic carbocycles. The highest BCUT2D eigenvalue weighted by atomic mass is 19.1. The third kappa shape index (κ3) is 2.64. The number of hydrogen-bond donors (Lipinski definition) is 1. The first-order valence-corrected chi connectivity index (χ1v) is 5.81. The summed E-state index contributed by atoms with van der Waals surface area (Å²) in [7, 11) is 1.49. The van der Waals surface area contributed by atoms with E-state index < -0.39 is 5.82 Å². The van der Waals surface area contributed by atoms with Crippen LogP contribution in [0.15, 0.2) is 18.2 Å². The number of rotatable bonds is 3. The van der Waals surface area contributed by atoms with Crippen molar-refractivity contribution in [3.05, 3.63) is 29.6 Å². The molecule has 1 aliphatic heterocycles. The molecular weight excluding hydrogens is 221 g/mol. The van der Waals surface area contributed by atoms with Crippen LogP contribution in [0, 0.1) is 11.7 Å². The number of nitrogens with one attached hydrogen (secondary N) is 1. The molecule has 0 amide bonds. The van der Waals surface area contributed by atoms with Crippen molar-refractivity contribution in [1.82, 2.24) is 5.32 Å². The van der Waals surface area contributed by atoms with Gasteiger partial charge in [-0.1, -0.05) is 0 Å². The van der Waals surface area contributed by atoms with Crippen molar-refractivity contribution < 1.29 is 13.9 Å². The van der Waals surface area contributed by atoms with Crippen LogP contribution in [0.25, 0.3) is 0 Å². The molecule has 0 radical (unpaired) electrons. The summed E-state index contributed by atoms with van der Waals surface area (Å²) >= 11 is 0. The second-order valence-electron chi connectivity index (χ2n) is 4.25. The Bertz CT molecular complexity index is 414. The molecule has 2 rings (SSSR count). The summed E-state index contributed by atoms with van der Waals surface area (Å²) < 4.78 is 18.3. The maximum atomic E-state index is 13.2. The number of piperidine rings is 1. The monoisotopic (exact) mass is 237 g/mol. The number of Topliss-reactive ketones (excluding diaryl/α,β-unsaturated/α-hetero) is 1. The number of methoxy groups -OCH3 is 1. The molecule has 3 nitrogen and oxygen atoms in total. The maximum absolute atomic E-state index is 13.2. The molecule has 1 atom stereocenters. The SMILES string of the molecule is COc1ccc(F)cc1C(=O)[C@H]1CCCNC1. The van der Waals surface area contributed by atoms with E-state index in [0.717, 1.165) is 19.4 Å². The molecule has 92 valence electrons. The third-order valence-corrected chi connectivity index (χ3v) is 3.09. The van der Waals surface area contributed by atoms with E-state index in [1.165, 1.54) is 25.3 Å². The Labute approximate surface area is 100.0 Å².